The van der Waals surface area contributed by atoms with E-state index in [0.29, 0.717) is 48.5 Å². The second kappa shape index (κ2) is 7.73. The molecule has 146 valence electrons. The van der Waals surface area contributed by atoms with Crippen molar-refractivity contribution in [1.82, 2.24) is 9.88 Å². The van der Waals surface area contributed by atoms with Gasteiger partial charge in [-0.05, 0) is 17.7 Å². The van der Waals surface area contributed by atoms with Gasteiger partial charge in [0.25, 0.3) is 5.91 Å². The van der Waals surface area contributed by atoms with Crippen molar-refractivity contribution in [2.75, 3.05) is 40.5 Å². The minimum atomic E-state index is -0.0644. The Kier molecular flexibility index (Phi) is 5.15. The van der Waals surface area contributed by atoms with Gasteiger partial charge in [0.15, 0.2) is 0 Å². The number of fused-ring (bicyclic) bond motifs is 1. The fraction of sp³-hybridized carbons (Fsp3) is 0.286. The average Bonchev–Trinajstić information content (AvgIpc) is 3.13. The number of halogens is 1. The summed E-state index contributed by atoms with van der Waals surface area (Å²) < 4.78 is 16.4. The van der Waals surface area contributed by atoms with Crippen molar-refractivity contribution in [3.63, 3.8) is 0 Å². The van der Waals surface area contributed by atoms with Crippen LogP contribution >= 0.6 is 11.6 Å². The topological polar surface area (TPSA) is 63.8 Å². The van der Waals surface area contributed by atoms with Crippen LogP contribution in [0, 0.1) is 0 Å². The van der Waals surface area contributed by atoms with E-state index >= 15 is 0 Å². The lowest BCUT2D eigenvalue weighted by atomic mass is 10.0. The smallest absolute Gasteiger partial charge is 0.271 e. The predicted molar refractivity (Wildman–Crippen MR) is 109 cm³/mol. The number of aromatic amines is 1. The van der Waals surface area contributed by atoms with Crippen LogP contribution in [-0.4, -0.2) is 56.3 Å². The molecule has 1 aromatic heterocycles. The van der Waals surface area contributed by atoms with E-state index in [2.05, 4.69) is 4.98 Å². The van der Waals surface area contributed by atoms with Gasteiger partial charge in [0.2, 0.25) is 0 Å². The standard InChI is InChI=1S/C21H21ClN2O4/c1-26-15-11-16-19(17(12-15)27-2)18(13-3-5-14(22)6-4-13)20(23-16)21(25)24-7-9-28-10-8-24/h3-6,11-12,23H,7-10H2,1-2H3. The number of amides is 1. The molecular formula is C21H21ClN2O4. The predicted octanol–water partition coefficient (Wildman–Crippen LogP) is 3.98. The van der Waals surface area contributed by atoms with E-state index in [4.69, 9.17) is 25.8 Å². The number of carbonyl (C=O) groups excluding carboxylic acids is 1. The second-order valence-corrected chi connectivity index (χ2v) is 6.98. The average molecular weight is 401 g/mol. The maximum Gasteiger partial charge on any atom is 0.271 e. The first-order valence-corrected chi connectivity index (χ1v) is 9.41. The molecule has 2 heterocycles. The Hall–Kier alpha value is -2.70. The molecule has 0 atom stereocenters. The highest BCUT2D eigenvalue weighted by Crippen LogP contribution is 2.41. The summed E-state index contributed by atoms with van der Waals surface area (Å²) in [7, 11) is 3.21. The number of ether oxygens (including phenoxy) is 3. The quantitative estimate of drug-likeness (QED) is 0.719. The minimum absolute atomic E-state index is 0.0644. The van der Waals surface area contributed by atoms with Gasteiger partial charge in [-0.15, -0.1) is 0 Å². The highest BCUT2D eigenvalue weighted by molar-refractivity contribution is 6.30. The lowest BCUT2D eigenvalue weighted by molar-refractivity contribution is 0.0300. The van der Waals surface area contributed by atoms with Gasteiger partial charge < -0.3 is 24.1 Å². The summed E-state index contributed by atoms with van der Waals surface area (Å²) >= 11 is 6.08. The van der Waals surface area contributed by atoms with Crippen molar-refractivity contribution in [3.8, 4) is 22.6 Å². The molecule has 1 fully saturated rings. The molecule has 4 rings (SSSR count). The highest BCUT2D eigenvalue weighted by atomic mass is 35.5. The molecular weight excluding hydrogens is 380 g/mol. The van der Waals surface area contributed by atoms with E-state index in [1.807, 2.05) is 36.4 Å². The first kappa shape index (κ1) is 18.7. The fourth-order valence-electron chi connectivity index (χ4n) is 3.54. The monoisotopic (exact) mass is 400 g/mol. The van der Waals surface area contributed by atoms with Gasteiger partial charge in [-0.25, -0.2) is 0 Å². The van der Waals surface area contributed by atoms with Crippen LogP contribution in [0.5, 0.6) is 11.5 Å². The number of rotatable bonds is 4. The van der Waals surface area contributed by atoms with Crippen LogP contribution in [0.3, 0.4) is 0 Å². The normalized spacial score (nSPS) is 14.3. The largest absolute Gasteiger partial charge is 0.497 e. The summed E-state index contributed by atoms with van der Waals surface area (Å²) in [6, 6.07) is 11.1. The molecule has 0 spiro atoms. The van der Waals surface area contributed by atoms with E-state index < -0.39 is 0 Å². The molecule has 1 N–H and O–H groups in total. The molecule has 28 heavy (non-hydrogen) atoms. The lowest BCUT2D eigenvalue weighted by Gasteiger charge is -2.26. The van der Waals surface area contributed by atoms with E-state index in [1.54, 1.807) is 19.1 Å². The van der Waals surface area contributed by atoms with Gasteiger partial charge in [-0.3, -0.25) is 4.79 Å². The molecule has 7 heteroatoms. The van der Waals surface area contributed by atoms with E-state index in [9.17, 15) is 4.79 Å². The number of aromatic nitrogens is 1. The van der Waals surface area contributed by atoms with Gasteiger partial charge in [0, 0.05) is 35.8 Å². The molecule has 0 bridgehead atoms. The molecule has 1 saturated heterocycles. The molecule has 0 aliphatic carbocycles. The summed E-state index contributed by atoms with van der Waals surface area (Å²) in [5, 5.41) is 1.47. The highest BCUT2D eigenvalue weighted by Gasteiger charge is 2.27. The number of hydrogen-bond donors (Lipinski definition) is 1. The first-order chi connectivity index (χ1) is 13.6. The Labute approximate surface area is 167 Å². The van der Waals surface area contributed by atoms with Crippen LogP contribution in [0.2, 0.25) is 5.02 Å². The molecule has 1 amide bonds. The van der Waals surface area contributed by atoms with Crippen LogP contribution in [0.1, 0.15) is 10.5 Å². The van der Waals surface area contributed by atoms with Crippen LogP contribution in [0.15, 0.2) is 36.4 Å². The molecule has 1 aliphatic heterocycles. The Morgan fingerprint density at radius 2 is 1.82 bits per heavy atom. The molecule has 3 aromatic rings. The van der Waals surface area contributed by atoms with Crippen molar-refractivity contribution in [1.29, 1.82) is 0 Å². The van der Waals surface area contributed by atoms with Crippen LogP contribution in [-0.2, 0) is 4.74 Å². The van der Waals surface area contributed by atoms with Crippen molar-refractivity contribution in [2.45, 2.75) is 0 Å². The third kappa shape index (κ3) is 3.30. The third-order valence-corrected chi connectivity index (χ3v) is 5.19. The van der Waals surface area contributed by atoms with Crippen molar-refractivity contribution >= 4 is 28.4 Å². The van der Waals surface area contributed by atoms with Crippen LogP contribution < -0.4 is 9.47 Å². The van der Waals surface area contributed by atoms with Gasteiger partial charge in [-0.2, -0.15) is 0 Å². The molecule has 2 aromatic carbocycles. The molecule has 1 aliphatic rings. The zero-order chi connectivity index (χ0) is 19.7. The Bertz CT molecular complexity index is 1010. The Morgan fingerprint density at radius 1 is 1.11 bits per heavy atom. The molecule has 0 unspecified atom stereocenters. The molecule has 6 nitrogen and oxygen atoms in total. The third-order valence-electron chi connectivity index (χ3n) is 4.94. The van der Waals surface area contributed by atoms with E-state index in [0.717, 1.165) is 22.0 Å². The van der Waals surface area contributed by atoms with Crippen molar-refractivity contribution < 1.29 is 19.0 Å². The second-order valence-electron chi connectivity index (χ2n) is 6.54. The van der Waals surface area contributed by atoms with E-state index in [-0.39, 0.29) is 5.91 Å². The number of hydrogen-bond acceptors (Lipinski definition) is 4. The van der Waals surface area contributed by atoms with Crippen molar-refractivity contribution in [2.24, 2.45) is 0 Å². The minimum Gasteiger partial charge on any atom is -0.497 e. The number of nitrogens with zero attached hydrogens (tertiary/aromatic N) is 1. The van der Waals surface area contributed by atoms with Gasteiger partial charge >= 0.3 is 0 Å². The maximum atomic E-state index is 13.3. The molecule has 0 saturated carbocycles. The first-order valence-electron chi connectivity index (χ1n) is 9.03. The zero-order valence-electron chi connectivity index (χ0n) is 15.8. The molecule has 0 radical (unpaired) electrons. The number of nitrogens with one attached hydrogen (secondary N) is 1. The maximum absolute atomic E-state index is 13.3. The Balaban J connectivity index is 1.95. The van der Waals surface area contributed by atoms with Crippen molar-refractivity contribution in [3.05, 3.63) is 47.1 Å². The number of benzene rings is 2. The number of carbonyl (C=O) groups is 1. The Morgan fingerprint density at radius 3 is 2.46 bits per heavy atom. The lowest BCUT2D eigenvalue weighted by Crippen LogP contribution is -2.41. The SMILES string of the molecule is COc1cc(OC)c2c(-c3ccc(Cl)cc3)c(C(=O)N3CCOCC3)[nH]c2c1. The van der Waals surface area contributed by atoms with Gasteiger partial charge in [0.1, 0.15) is 17.2 Å². The van der Waals surface area contributed by atoms with Crippen LogP contribution in [0.25, 0.3) is 22.0 Å². The van der Waals surface area contributed by atoms with Gasteiger partial charge in [0.05, 0.1) is 38.3 Å². The zero-order valence-corrected chi connectivity index (χ0v) is 16.5. The fourth-order valence-corrected chi connectivity index (χ4v) is 3.66. The summed E-state index contributed by atoms with van der Waals surface area (Å²) in [5.41, 5.74) is 2.97. The van der Waals surface area contributed by atoms with Gasteiger partial charge in [-0.1, -0.05) is 23.7 Å². The summed E-state index contributed by atoms with van der Waals surface area (Å²) in [6.45, 7) is 2.21. The van der Waals surface area contributed by atoms with Crippen LogP contribution in [0.4, 0.5) is 0 Å². The summed E-state index contributed by atoms with van der Waals surface area (Å²) in [4.78, 5) is 18.4. The number of methoxy groups -OCH3 is 2. The summed E-state index contributed by atoms with van der Waals surface area (Å²) in [5.74, 6) is 1.22. The number of H-pyrrole nitrogens is 1. The van der Waals surface area contributed by atoms with E-state index in [1.165, 1.54) is 0 Å². The number of morpholine rings is 1. The summed E-state index contributed by atoms with van der Waals surface area (Å²) in [6.07, 6.45) is 0.